The Hall–Kier alpha value is -2.00. The number of rotatable bonds is 3. The summed E-state index contributed by atoms with van der Waals surface area (Å²) >= 11 is 5.10. The molecule has 21 heavy (non-hydrogen) atoms. The maximum absolute atomic E-state index is 11.9. The normalized spacial score (nSPS) is 19.6. The molecule has 1 aromatic rings. The van der Waals surface area contributed by atoms with E-state index in [0.717, 1.165) is 5.56 Å². The van der Waals surface area contributed by atoms with E-state index in [1.54, 1.807) is 19.1 Å². The van der Waals surface area contributed by atoms with Gasteiger partial charge in [-0.05, 0) is 24.7 Å². The first-order valence-electron chi connectivity index (χ1n) is 6.14. The monoisotopic (exact) mass is 309 g/mol. The highest BCUT2D eigenvalue weighted by molar-refractivity contribution is 7.80. The fraction of sp³-hybridized carbons (Fsp3) is 0.231. The minimum Gasteiger partial charge on any atom is -0.595 e. The number of quaternary nitrogens is 1. The summed E-state index contributed by atoms with van der Waals surface area (Å²) in [5.41, 5.74) is 1.92. The van der Waals surface area contributed by atoms with E-state index in [9.17, 15) is 10.0 Å². The van der Waals surface area contributed by atoms with E-state index < -0.39 is 17.2 Å². The smallest absolute Gasteiger partial charge is 0.337 e. The van der Waals surface area contributed by atoms with Crippen molar-refractivity contribution in [2.75, 3.05) is 7.11 Å². The van der Waals surface area contributed by atoms with Crippen LogP contribution in [0.5, 0.6) is 0 Å². The van der Waals surface area contributed by atoms with E-state index >= 15 is 0 Å². The molecule has 1 aliphatic heterocycles. The number of carbonyl (C=O) groups is 1. The zero-order valence-electron chi connectivity index (χ0n) is 11.5. The molecule has 2 atom stereocenters. The molecule has 112 valence electrons. The molecule has 1 aromatic carbocycles. The van der Waals surface area contributed by atoms with Crippen LogP contribution in [-0.2, 0) is 9.53 Å². The molecule has 0 radical (unpaired) electrons. The summed E-state index contributed by atoms with van der Waals surface area (Å²) in [6.45, 7) is 1.73. The van der Waals surface area contributed by atoms with E-state index in [1.165, 1.54) is 19.2 Å². The molecule has 0 amide bonds. The van der Waals surface area contributed by atoms with Crippen molar-refractivity contribution in [3.05, 3.63) is 46.3 Å². The van der Waals surface area contributed by atoms with Crippen LogP contribution in [0.3, 0.4) is 0 Å². The van der Waals surface area contributed by atoms with E-state index in [2.05, 4.69) is 10.6 Å². The van der Waals surface area contributed by atoms with Crippen LogP contribution in [0.25, 0.3) is 0 Å². The summed E-state index contributed by atoms with van der Waals surface area (Å²) in [6, 6.07) is 5.77. The molecule has 0 aliphatic carbocycles. The molecule has 4 N–H and O–H groups in total. The van der Waals surface area contributed by atoms with Gasteiger partial charge in [0, 0.05) is 17.8 Å². The molecule has 1 unspecified atom stereocenters. The van der Waals surface area contributed by atoms with Crippen molar-refractivity contribution in [2.24, 2.45) is 0 Å². The molecule has 0 spiro atoms. The zero-order chi connectivity index (χ0) is 15.6. The topological polar surface area (TPSA) is 98.1 Å². The second-order valence-corrected chi connectivity index (χ2v) is 4.90. The number of carbonyl (C=O) groups excluding carboxylic acids is 1. The highest BCUT2D eigenvalue weighted by Gasteiger charge is 2.30. The molecule has 0 fully saturated rings. The Labute approximate surface area is 126 Å². The number of hydrogen-bond donors (Lipinski definition) is 4. The Morgan fingerprint density at radius 2 is 2.05 bits per heavy atom. The summed E-state index contributed by atoms with van der Waals surface area (Å²) in [4.78, 5) is 11.9. The molecule has 1 heterocycles. The molecule has 1 aliphatic rings. The molecule has 2 rings (SSSR count). The maximum Gasteiger partial charge on any atom is 0.337 e. The first-order chi connectivity index (χ1) is 9.93. The lowest BCUT2D eigenvalue weighted by molar-refractivity contribution is -0.991. The van der Waals surface area contributed by atoms with Crippen LogP contribution in [0.15, 0.2) is 35.5 Å². The van der Waals surface area contributed by atoms with Gasteiger partial charge in [0.15, 0.2) is 10.8 Å². The van der Waals surface area contributed by atoms with Gasteiger partial charge in [0.1, 0.15) is 0 Å². The van der Waals surface area contributed by atoms with Crippen molar-refractivity contribution in [1.29, 1.82) is 0 Å². The fourth-order valence-electron chi connectivity index (χ4n) is 2.14. The van der Waals surface area contributed by atoms with Gasteiger partial charge >= 0.3 is 5.97 Å². The Kier molecular flexibility index (Phi) is 4.53. The van der Waals surface area contributed by atoms with E-state index in [0.29, 0.717) is 16.4 Å². The van der Waals surface area contributed by atoms with E-state index in [4.69, 9.17) is 22.2 Å². The Morgan fingerprint density at radius 3 is 2.57 bits per heavy atom. The lowest BCUT2D eigenvalue weighted by Crippen LogP contribution is -2.99. The van der Waals surface area contributed by atoms with Crippen LogP contribution in [-0.4, -0.2) is 23.4 Å². The van der Waals surface area contributed by atoms with Gasteiger partial charge in [0.2, 0.25) is 0 Å². The minimum atomic E-state index is -1.00. The molecule has 7 nitrogen and oxygen atoms in total. The van der Waals surface area contributed by atoms with Gasteiger partial charge in [-0.3, -0.25) is 0 Å². The molecule has 0 bridgehead atoms. The number of benzene rings is 1. The number of allylic oxidation sites excluding steroid dienone is 1. The Morgan fingerprint density at radius 1 is 1.43 bits per heavy atom. The second-order valence-electron chi connectivity index (χ2n) is 4.49. The standard InChI is InChI=1S/C13H15N3O4S/c1-7-10(12(17)20-2)11(15-13(21)14-7)8-3-5-9(6-4-8)16(18)19/h3-6,11,16,18H,1-2H3,(H2,14,15,21)/t11-/m1/s1. The first-order valence-corrected chi connectivity index (χ1v) is 6.54. The summed E-state index contributed by atoms with van der Waals surface area (Å²) < 4.78 is 4.79. The van der Waals surface area contributed by atoms with E-state index in [1.807, 2.05) is 0 Å². The number of esters is 1. The lowest BCUT2D eigenvalue weighted by Gasteiger charge is -2.29. The van der Waals surface area contributed by atoms with Crippen LogP contribution in [0.1, 0.15) is 18.5 Å². The van der Waals surface area contributed by atoms with Crippen LogP contribution in [0.2, 0.25) is 0 Å². The first kappa shape index (κ1) is 15.4. The largest absolute Gasteiger partial charge is 0.595 e. The van der Waals surface area contributed by atoms with Crippen LogP contribution < -0.4 is 15.9 Å². The number of ether oxygens (including phenoxy) is 1. The van der Waals surface area contributed by atoms with Crippen molar-refractivity contribution < 1.29 is 20.0 Å². The predicted molar refractivity (Wildman–Crippen MR) is 78.5 cm³/mol. The van der Waals surface area contributed by atoms with Crippen LogP contribution >= 0.6 is 12.2 Å². The molecule has 0 saturated heterocycles. The quantitative estimate of drug-likeness (QED) is 0.356. The summed E-state index contributed by atoms with van der Waals surface area (Å²) in [5.74, 6) is -0.470. The average molecular weight is 309 g/mol. The van der Waals surface area contributed by atoms with Gasteiger partial charge in [-0.25, -0.2) is 10.0 Å². The maximum atomic E-state index is 11.9. The zero-order valence-corrected chi connectivity index (χ0v) is 12.3. The molecular weight excluding hydrogens is 294 g/mol. The molecule has 0 saturated carbocycles. The summed E-state index contributed by atoms with van der Waals surface area (Å²) in [7, 11) is 1.31. The highest BCUT2D eigenvalue weighted by atomic mass is 32.1. The molecule has 0 aromatic heterocycles. The van der Waals surface area contributed by atoms with Gasteiger partial charge in [0.25, 0.3) is 0 Å². The second kappa shape index (κ2) is 6.19. The molecule has 8 heteroatoms. The van der Waals surface area contributed by atoms with Crippen molar-refractivity contribution >= 4 is 29.0 Å². The fourth-order valence-corrected chi connectivity index (χ4v) is 2.41. The van der Waals surface area contributed by atoms with Crippen LogP contribution in [0.4, 0.5) is 5.69 Å². The number of thiocarbonyl (C=S) groups is 1. The van der Waals surface area contributed by atoms with Crippen LogP contribution in [0, 0.1) is 5.21 Å². The van der Waals surface area contributed by atoms with Gasteiger partial charge in [-0.1, -0.05) is 12.1 Å². The molecular formula is C13H15N3O4S. The van der Waals surface area contributed by atoms with Gasteiger partial charge in [-0.15, -0.1) is 0 Å². The number of nitrogens with one attached hydrogen (secondary N) is 3. The third-order valence-corrected chi connectivity index (χ3v) is 3.39. The van der Waals surface area contributed by atoms with Crippen molar-refractivity contribution in [2.45, 2.75) is 13.0 Å². The average Bonchev–Trinajstić information content (AvgIpc) is 2.45. The summed E-state index contributed by atoms with van der Waals surface area (Å²) in [6.07, 6.45) is 0. The van der Waals surface area contributed by atoms with Gasteiger partial charge in [0.05, 0.1) is 18.7 Å². The number of hydrogen-bond acceptors (Lipinski definition) is 5. The Bertz CT molecular complexity index is 598. The SMILES string of the molecule is COC(=O)C1=C(C)NC(=S)N[C@@H]1c1ccc([NH+]([O-])O)cc1. The van der Waals surface area contributed by atoms with Crippen molar-refractivity contribution in [3.8, 4) is 0 Å². The summed E-state index contributed by atoms with van der Waals surface area (Å²) in [5, 5.41) is 25.1. The van der Waals surface area contributed by atoms with Gasteiger partial charge < -0.3 is 20.6 Å². The van der Waals surface area contributed by atoms with E-state index in [-0.39, 0.29) is 5.69 Å². The Balaban J connectivity index is 2.41. The highest BCUT2D eigenvalue weighted by Crippen LogP contribution is 2.27. The lowest BCUT2D eigenvalue weighted by atomic mass is 9.95. The van der Waals surface area contributed by atoms with Crippen molar-refractivity contribution in [3.63, 3.8) is 0 Å². The number of methoxy groups -OCH3 is 1. The van der Waals surface area contributed by atoms with Crippen molar-refractivity contribution in [1.82, 2.24) is 10.6 Å². The third-order valence-electron chi connectivity index (χ3n) is 3.17. The minimum absolute atomic E-state index is 0.176. The third kappa shape index (κ3) is 3.19. The van der Waals surface area contributed by atoms with Gasteiger partial charge in [-0.2, -0.15) is 5.23 Å². The predicted octanol–water partition coefficient (Wildman–Crippen LogP) is 0.0558.